The molecule has 0 bridgehead atoms. The first-order valence-corrected chi connectivity index (χ1v) is 9.39. The van der Waals surface area contributed by atoms with Crippen molar-refractivity contribution >= 4 is 29.9 Å². The van der Waals surface area contributed by atoms with Gasteiger partial charge in [0.1, 0.15) is 11.6 Å². The van der Waals surface area contributed by atoms with E-state index in [-0.39, 0.29) is 11.4 Å². The molecule has 1 aliphatic carbocycles. The zero-order valence-corrected chi connectivity index (χ0v) is 16.1. The van der Waals surface area contributed by atoms with Gasteiger partial charge in [0.2, 0.25) is 0 Å². The van der Waals surface area contributed by atoms with Crippen LogP contribution in [-0.2, 0) is 11.0 Å². The predicted octanol–water partition coefficient (Wildman–Crippen LogP) is 3.81. The minimum atomic E-state index is -4.84. The number of thiol groups is 1. The number of hydrogen-bond donors (Lipinski definition) is 2. The van der Waals surface area contributed by atoms with Crippen molar-refractivity contribution in [3.63, 3.8) is 0 Å². The Balaban J connectivity index is 1.82. The maximum absolute atomic E-state index is 14.0. The number of phenolic OH excluding ortho intramolecular Hbond substituents is 1. The average molecular weight is 438 g/mol. The van der Waals surface area contributed by atoms with Gasteiger partial charge in [-0.3, -0.25) is 9.69 Å². The first kappa shape index (κ1) is 20.3. The zero-order chi connectivity index (χ0) is 21.8. The molecule has 1 saturated carbocycles. The van der Waals surface area contributed by atoms with Gasteiger partial charge in [0.05, 0.1) is 17.4 Å². The number of aromatic hydroxyl groups is 1. The molecule has 2 aliphatic rings. The van der Waals surface area contributed by atoms with Gasteiger partial charge in [0.15, 0.2) is 22.8 Å². The first-order valence-electron chi connectivity index (χ1n) is 8.87. The Morgan fingerprint density at radius 1 is 1.27 bits per heavy atom. The number of nitrogens with zero attached hydrogens (tertiary/aromatic N) is 4. The van der Waals surface area contributed by atoms with Crippen molar-refractivity contribution in [3.8, 4) is 11.8 Å². The van der Waals surface area contributed by atoms with Crippen LogP contribution in [0.15, 0.2) is 30.5 Å². The molecule has 1 spiro atoms. The van der Waals surface area contributed by atoms with Crippen LogP contribution in [0.5, 0.6) is 5.75 Å². The second-order valence-corrected chi connectivity index (χ2v) is 7.57. The van der Waals surface area contributed by atoms with Crippen LogP contribution in [0.4, 0.5) is 28.9 Å². The van der Waals surface area contributed by atoms with Crippen LogP contribution in [0, 0.1) is 17.1 Å². The minimum absolute atomic E-state index is 0.167. The number of carbonyl (C=O) groups excluding carboxylic acids is 1. The molecular weight excluding hydrogens is 424 g/mol. The molecule has 1 saturated heterocycles. The van der Waals surface area contributed by atoms with Crippen molar-refractivity contribution in [1.29, 1.82) is 5.26 Å². The average Bonchev–Trinajstić information content (AvgIpc) is 2.90. The fourth-order valence-electron chi connectivity index (χ4n) is 3.90. The normalized spacial score (nSPS) is 20.4. The highest BCUT2D eigenvalue weighted by Gasteiger charge is 2.60. The third kappa shape index (κ3) is 2.86. The number of amides is 1. The molecule has 0 radical (unpaired) electrons. The van der Waals surface area contributed by atoms with Gasteiger partial charge < -0.3 is 10.0 Å². The third-order valence-electron chi connectivity index (χ3n) is 5.49. The fraction of sp³-hybridized carbons (Fsp3) is 0.316. The highest BCUT2D eigenvalue weighted by atomic mass is 32.1. The number of hydrogen-bond acceptors (Lipinski definition) is 6. The number of rotatable bonds is 2. The number of anilines is 2. The molecule has 1 aromatic heterocycles. The van der Waals surface area contributed by atoms with E-state index in [4.69, 9.17) is 5.26 Å². The number of halogens is 4. The number of pyridine rings is 1. The Kier molecular flexibility index (Phi) is 4.58. The minimum Gasteiger partial charge on any atom is -0.505 e. The van der Waals surface area contributed by atoms with E-state index in [1.165, 1.54) is 17.0 Å². The van der Waals surface area contributed by atoms with Crippen LogP contribution in [0.3, 0.4) is 0 Å². The predicted molar refractivity (Wildman–Crippen MR) is 101 cm³/mol. The monoisotopic (exact) mass is 438 g/mol. The summed E-state index contributed by atoms with van der Waals surface area (Å²) < 4.78 is 54.0. The maximum Gasteiger partial charge on any atom is 0.419 e. The highest BCUT2D eigenvalue weighted by molar-refractivity contribution is 7.81. The lowest BCUT2D eigenvalue weighted by molar-refractivity contribution is -0.138. The SMILES string of the molecule is N#Cc1ncc(N2C(=O)C3(CCC3)N(c3ccc(O)c(F)c3)C2S)cc1C(F)(F)F. The van der Waals surface area contributed by atoms with Crippen molar-refractivity contribution in [2.45, 2.75) is 36.5 Å². The zero-order valence-electron chi connectivity index (χ0n) is 15.2. The topological polar surface area (TPSA) is 80.5 Å². The lowest BCUT2D eigenvalue weighted by Gasteiger charge is -2.44. The molecule has 2 fully saturated rings. The van der Waals surface area contributed by atoms with Crippen LogP contribution < -0.4 is 9.80 Å². The van der Waals surface area contributed by atoms with Gasteiger partial charge in [-0.2, -0.15) is 18.4 Å². The standard InChI is InChI=1S/C19H14F4N4O2S/c20-13-7-10(2-3-15(13)28)27-17(30)26(16(29)18(27)4-1-5-18)11-6-12(19(21,22)23)14(8-24)25-9-11/h2-3,6-7,9,17,28,30H,1,4-5H2. The van der Waals surface area contributed by atoms with Gasteiger partial charge in [-0.05, 0) is 37.5 Å². The molecule has 4 rings (SSSR count). The summed E-state index contributed by atoms with van der Waals surface area (Å²) >= 11 is 4.45. The van der Waals surface area contributed by atoms with Gasteiger partial charge in [0, 0.05) is 11.8 Å². The van der Waals surface area contributed by atoms with Gasteiger partial charge in [0.25, 0.3) is 5.91 Å². The summed E-state index contributed by atoms with van der Waals surface area (Å²) in [4.78, 5) is 19.5. The Hall–Kier alpha value is -3.00. The summed E-state index contributed by atoms with van der Waals surface area (Å²) in [5.74, 6) is -1.94. The van der Waals surface area contributed by atoms with E-state index in [2.05, 4.69) is 17.6 Å². The molecule has 1 aromatic carbocycles. The second-order valence-electron chi connectivity index (χ2n) is 7.11. The summed E-state index contributed by atoms with van der Waals surface area (Å²) in [5, 5.41) is 18.4. The summed E-state index contributed by atoms with van der Waals surface area (Å²) in [6, 6.07) is 5.69. The van der Waals surface area contributed by atoms with Crippen molar-refractivity contribution in [3.05, 3.63) is 47.5 Å². The molecule has 2 heterocycles. The smallest absolute Gasteiger partial charge is 0.419 e. The van der Waals surface area contributed by atoms with E-state index < -0.39 is 45.9 Å². The highest BCUT2D eigenvalue weighted by Crippen LogP contribution is 2.50. The Morgan fingerprint density at radius 3 is 2.50 bits per heavy atom. The van der Waals surface area contributed by atoms with Crippen LogP contribution in [0.1, 0.15) is 30.5 Å². The molecule has 11 heteroatoms. The van der Waals surface area contributed by atoms with Crippen LogP contribution in [0.2, 0.25) is 0 Å². The van der Waals surface area contributed by atoms with Crippen molar-refractivity contribution < 1.29 is 27.5 Å². The molecule has 1 aliphatic heterocycles. The maximum atomic E-state index is 14.0. The number of carbonyl (C=O) groups is 1. The van der Waals surface area contributed by atoms with E-state index in [0.717, 1.165) is 23.2 Å². The number of nitriles is 1. The lowest BCUT2D eigenvalue weighted by Crippen LogP contribution is -2.55. The molecule has 1 unspecified atom stereocenters. The summed E-state index contributed by atoms with van der Waals surface area (Å²) in [7, 11) is 0. The quantitative estimate of drug-likeness (QED) is 0.551. The lowest BCUT2D eigenvalue weighted by atomic mass is 9.75. The van der Waals surface area contributed by atoms with Crippen molar-refractivity contribution in [2.24, 2.45) is 0 Å². The van der Waals surface area contributed by atoms with E-state index in [1.807, 2.05) is 0 Å². The molecule has 1 N–H and O–H groups in total. The molecule has 30 heavy (non-hydrogen) atoms. The van der Waals surface area contributed by atoms with Gasteiger partial charge in [-0.1, -0.05) is 0 Å². The first-order chi connectivity index (χ1) is 14.1. The van der Waals surface area contributed by atoms with Gasteiger partial charge in [-0.15, -0.1) is 12.6 Å². The van der Waals surface area contributed by atoms with Gasteiger partial charge in [-0.25, -0.2) is 9.37 Å². The molecule has 6 nitrogen and oxygen atoms in total. The van der Waals surface area contributed by atoms with E-state index in [1.54, 1.807) is 0 Å². The number of aromatic nitrogens is 1. The van der Waals surface area contributed by atoms with Gasteiger partial charge >= 0.3 is 6.18 Å². The van der Waals surface area contributed by atoms with E-state index in [9.17, 15) is 27.5 Å². The Bertz CT molecular complexity index is 1080. The molecule has 2 aromatic rings. The third-order valence-corrected chi connectivity index (χ3v) is 5.95. The van der Waals surface area contributed by atoms with E-state index in [0.29, 0.717) is 25.3 Å². The van der Waals surface area contributed by atoms with E-state index >= 15 is 0 Å². The van der Waals surface area contributed by atoms with Crippen molar-refractivity contribution in [2.75, 3.05) is 9.80 Å². The number of phenols is 1. The summed E-state index contributed by atoms with van der Waals surface area (Å²) in [5.41, 5.74) is -4.09. The van der Waals surface area contributed by atoms with Crippen LogP contribution in [-0.4, -0.2) is 27.0 Å². The molecule has 156 valence electrons. The number of alkyl halides is 3. The van der Waals surface area contributed by atoms with Crippen LogP contribution >= 0.6 is 12.6 Å². The fourth-order valence-corrected chi connectivity index (χ4v) is 4.50. The molecular formula is C19H14F4N4O2S. The molecule has 1 amide bonds. The Labute approximate surface area is 173 Å². The molecule has 1 atom stereocenters. The van der Waals surface area contributed by atoms with Crippen LogP contribution in [0.25, 0.3) is 0 Å². The van der Waals surface area contributed by atoms with Crippen molar-refractivity contribution in [1.82, 2.24) is 4.98 Å². The second kappa shape index (κ2) is 6.77. The Morgan fingerprint density at radius 2 is 1.97 bits per heavy atom. The number of benzene rings is 1. The summed E-state index contributed by atoms with van der Waals surface area (Å²) in [6.07, 6.45) is -2.29. The summed E-state index contributed by atoms with van der Waals surface area (Å²) in [6.45, 7) is 0. The largest absolute Gasteiger partial charge is 0.505 e.